The van der Waals surface area contributed by atoms with Crippen molar-refractivity contribution in [3.05, 3.63) is 54.0 Å². The molecule has 0 fully saturated rings. The number of hydrogen-bond acceptors (Lipinski definition) is 5. The minimum Gasteiger partial charge on any atom is -0.468 e. The summed E-state index contributed by atoms with van der Waals surface area (Å²) in [4.78, 5) is 13.4. The van der Waals surface area contributed by atoms with Gasteiger partial charge in [0, 0.05) is 4.90 Å². The highest BCUT2D eigenvalue weighted by molar-refractivity contribution is 8.01. The molecule has 26 heavy (non-hydrogen) atoms. The minimum absolute atomic E-state index is 0.193. The number of rotatable bonds is 8. The lowest BCUT2D eigenvalue weighted by molar-refractivity contribution is -0.156. The summed E-state index contributed by atoms with van der Waals surface area (Å²) < 4.78 is 10.2. The molecule has 0 bridgehead atoms. The highest BCUT2D eigenvalue weighted by atomic mass is 32.2. The van der Waals surface area contributed by atoms with Crippen molar-refractivity contribution in [2.75, 3.05) is 6.54 Å². The Morgan fingerprint density at radius 1 is 1.12 bits per heavy atom. The van der Waals surface area contributed by atoms with Crippen LogP contribution >= 0.6 is 11.8 Å². The van der Waals surface area contributed by atoms with Crippen LogP contribution in [0, 0.1) is 0 Å². The minimum atomic E-state index is -0.626. The number of benzene rings is 1. The smallest absolute Gasteiger partial charge is 0.322 e. The van der Waals surface area contributed by atoms with Gasteiger partial charge in [-0.3, -0.25) is 4.79 Å². The van der Waals surface area contributed by atoms with Gasteiger partial charge in [-0.15, -0.1) is 11.8 Å². The Kier molecular flexibility index (Phi) is 6.95. The van der Waals surface area contributed by atoms with Crippen LogP contribution in [0.3, 0.4) is 0 Å². The van der Waals surface area contributed by atoms with Gasteiger partial charge < -0.3 is 14.5 Å². The van der Waals surface area contributed by atoms with Crippen LogP contribution in [0.5, 0.6) is 0 Å². The van der Waals surface area contributed by atoms with Crippen molar-refractivity contribution in [2.45, 2.75) is 62.8 Å². The van der Waals surface area contributed by atoms with Gasteiger partial charge in [0.25, 0.3) is 0 Å². The summed E-state index contributed by atoms with van der Waals surface area (Å²) in [5, 5.41) is 3.37. The third-order valence-electron chi connectivity index (χ3n) is 3.66. The summed E-state index contributed by atoms with van der Waals surface area (Å²) >= 11 is 1.53. The number of hydrogen-bond donors (Lipinski definition) is 1. The fourth-order valence-electron chi connectivity index (χ4n) is 2.32. The molecule has 0 unspecified atom stereocenters. The SMILES string of the molecule is CC(C)(C)OC(=O)C(C)(C)Sc1ccc(CCNCc2ccco2)cc1. The van der Waals surface area contributed by atoms with E-state index in [-0.39, 0.29) is 5.97 Å². The molecule has 0 saturated heterocycles. The average Bonchev–Trinajstić information content (AvgIpc) is 3.04. The fraction of sp³-hybridized carbons (Fsp3) is 0.476. The van der Waals surface area contributed by atoms with Crippen molar-refractivity contribution in [3.8, 4) is 0 Å². The maximum absolute atomic E-state index is 12.4. The predicted molar refractivity (Wildman–Crippen MR) is 106 cm³/mol. The standard InChI is InChI=1S/C21H29NO3S/c1-20(2,3)25-19(23)21(4,5)26-18-10-8-16(9-11-18)12-13-22-15-17-7-6-14-24-17/h6-11,14,22H,12-13,15H2,1-5H3. The van der Waals surface area contributed by atoms with Crippen LogP contribution in [0.2, 0.25) is 0 Å². The topological polar surface area (TPSA) is 51.5 Å². The first-order valence-electron chi connectivity index (χ1n) is 8.90. The molecule has 1 heterocycles. The van der Waals surface area contributed by atoms with E-state index in [4.69, 9.17) is 9.15 Å². The zero-order valence-electron chi connectivity index (χ0n) is 16.3. The number of furan rings is 1. The third-order valence-corrected chi connectivity index (χ3v) is 4.84. The second-order valence-electron chi connectivity index (χ2n) is 7.76. The summed E-state index contributed by atoms with van der Waals surface area (Å²) in [6, 6.07) is 12.2. The van der Waals surface area contributed by atoms with Crippen molar-refractivity contribution in [1.82, 2.24) is 5.32 Å². The van der Waals surface area contributed by atoms with Gasteiger partial charge in [0.1, 0.15) is 16.1 Å². The molecule has 0 amide bonds. The van der Waals surface area contributed by atoms with Gasteiger partial charge in [0.2, 0.25) is 0 Å². The fourth-order valence-corrected chi connectivity index (χ4v) is 3.31. The molecule has 0 saturated carbocycles. The molecular formula is C21H29NO3S. The van der Waals surface area contributed by atoms with Crippen LogP contribution in [-0.2, 0) is 22.5 Å². The van der Waals surface area contributed by atoms with Gasteiger partial charge in [-0.25, -0.2) is 0 Å². The van der Waals surface area contributed by atoms with Crippen LogP contribution < -0.4 is 5.32 Å². The highest BCUT2D eigenvalue weighted by Crippen LogP contribution is 2.34. The van der Waals surface area contributed by atoms with Crippen molar-refractivity contribution < 1.29 is 13.9 Å². The maximum atomic E-state index is 12.4. The zero-order valence-corrected chi connectivity index (χ0v) is 17.1. The van der Waals surface area contributed by atoms with E-state index >= 15 is 0 Å². The lowest BCUT2D eigenvalue weighted by atomic mass is 10.1. The third kappa shape index (κ3) is 6.89. The molecule has 2 rings (SSSR count). The Morgan fingerprint density at radius 3 is 2.38 bits per heavy atom. The number of carbonyl (C=O) groups excluding carboxylic acids is 1. The Balaban J connectivity index is 1.81. The second kappa shape index (κ2) is 8.78. The van der Waals surface area contributed by atoms with E-state index in [1.807, 2.05) is 46.8 Å². The normalized spacial score (nSPS) is 12.2. The average molecular weight is 376 g/mol. The Labute approximate surface area is 160 Å². The first-order valence-corrected chi connectivity index (χ1v) is 9.72. The molecule has 0 spiro atoms. The van der Waals surface area contributed by atoms with E-state index in [1.54, 1.807) is 6.26 Å². The summed E-state index contributed by atoms with van der Waals surface area (Å²) in [6.07, 6.45) is 2.63. The molecule has 1 aromatic heterocycles. The van der Waals surface area contributed by atoms with Gasteiger partial charge in [-0.1, -0.05) is 12.1 Å². The molecule has 1 N–H and O–H groups in total. The van der Waals surface area contributed by atoms with Crippen LogP contribution in [0.15, 0.2) is 52.0 Å². The maximum Gasteiger partial charge on any atom is 0.322 e. The number of ether oxygens (including phenoxy) is 1. The van der Waals surface area contributed by atoms with E-state index in [0.717, 1.165) is 30.2 Å². The van der Waals surface area contributed by atoms with Gasteiger partial charge in [-0.2, -0.15) is 0 Å². The Morgan fingerprint density at radius 2 is 1.81 bits per heavy atom. The first-order chi connectivity index (χ1) is 12.2. The molecule has 1 aromatic carbocycles. The van der Waals surface area contributed by atoms with Gasteiger partial charge in [0.05, 0.1) is 12.8 Å². The number of esters is 1. The van der Waals surface area contributed by atoms with Crippen molar-refractivity contribution >= 4 is 17.7 Å². The van der Waals surface area contributed by atoms with Crippen molar-refractivity contribution in [3.63, 3.8) is 0 Å². The van der Waals surface area contributed by atoms with Crippen LogP contribution in [0.4, 0.5) is 0 Å². The summed E-state index contributed by atoms with van der Waals surface area (Å²) in [6.45, 7) is 11.1. The van der Waals surface area contributed by atoms with Gasteiger partial charge >= 0.3 is 5.97 Å². The molecule has 0 atom stereocenters. The molecule has 142 valence electrons. The lowest BCUT2D eigenvalue weighted by Crippen LogP contribution is -2.36. The molecule has 0 radical (unpaired) electrons. The van der Waals surface area contributed by atoms with Crippen molar-refractivity contribution in [1.29, 1.82) is 0 Å². The van der Waals surface area contributed by atoms with Gasteiger partial charge in [0.15, 0.2) is 0 Å². The van der Waals surface area contributed by atoms with Crippen LogP contribution in [0.25, 0.3) is 0 Å². The first kappa shape index (κ1) is 20.6. The molecule has 5 heteroatoms. The van der Waals surface area contributed by atoms with Gasteiger partial charge in [-0.05, 0) is 77.4 Å². The molecule has 0 aliphatic rings. The largest absolute Gasteiger partial charge is 0.468 e. The molecule has 0 aliphatic carbocycles. The van der Waals surface area contributed by atoms with Crippen molar-refractivity contribution in [2.24, 2.45) is 0 Å². The lowest BCUT2D eigenvalue weighted by Gasteiger charge is -2.28. The summed E-state index contributed by atoms with van der Waals surface area (Å²) in [5.41, 5.74) is 0.790. The van der Waals surface area contributed by atoms with E-state index < -0.39 is 10.3 Å². The number of carbonyl (C=O) groups is 1. The molecule has 4 nitrogen and oxygen atoms in total. The monoisotopic (exact) mass is 375 g/mol. The predicted octanol–water partition coefficient (Wildman–Crippen LogP) is 4.82. The molecule has 2 aromatic rings. The Bertz CT molecular complexity index is 685. The van der Waals surface area contributed by atoms with E-state index in [1.165, 1.54) is 17.3 Å². The molecule has 0 aliphatic heterocycles. The van der Waals surface area contributed by atoms with E-state index in [9.17, 15) is 4.79 Å². The van der Waals surface area contributed by atoms with Crippen LogP contribution in [0.1, 0.15) is 45.9 Å². The molecular weight excluding hydrogens is 346 g/mol. The van der Waals surface area contributed by atoms with E-state index in [0.29, 0.717) is 0 Å². The Hall–Kier alpha value is -1.72. The van der Waals surface area contributed by atoms with Crippen LogP contribution in [-0.4, -0.2) is 22.9 Å². The number of nitrogens with one attached hydrogen (secondary N) is 1. The summed E-state index contributed by atoms with van der Waals surface area (Å²) in [7, 11) is 0. The van der Waals surface area contributed by atoms with E-state index in [2.05, 4.69) is 29.6 Å². The highest BCUT2D eigenvalue weighted by Gasteiger charge is 2.33. The second-order valence-corrected chi connectivity index (χ2v) is 9.46. The summed E-state index contributed by atoms with van der Waals surface area (Å²) in [5.74, 6) is 0.752. The number of thioether (sulfide) groups is 1. The quantitative estimate of drug-likeness (QED) is 0.407. The zero-order chi connectivity index (χ0) is 19.2.